The summed E-state index contributed by atoms with van der Waals surface area (Å²) in [6.45, 7) is 0. The van der Waals surface area contributed by atoms with Crippen molar-refractivity contribution >= 4 is 27.4 Å². The van der Waals surface area contributed by atoms with Gasteiger partial charge < -0.3 is 4.74 Å². The first-order valence-corrected chi connectivity index (χ1v) is 17.0. The van der Waals surface area contributed by atoms with Crippen molar-refractivity contribution in [1.29, 1.82) is 0 Å². The first kappa shape index (κ1) is 28.4. The summed E-state index contributed by atoms with van der Waals surface area (Å²) in [5.41, 5.74) is 9.75. The molecule has 0 N–H and O–H groups in total. The number of rotatable bonds is 5. The number of ether oxygens (including phenoxy) is 1. The van der Waals surface area contributed by atoms with Crippen molar-refractivity contribution in [2.45, 2.75) is 12.3 Å². The van der Waals surface area contributed by atoms with Crippen LogP contribution in [0.3, 0.4) is 0 Å². The molecule has 0 radical (unpaired) electrons. The first-order chi connectivity index (χ1) is 24.8. The highest BCUT2D eigenvalue weighted by molar-refractivity contribution is 6.10. The second-order valence-corrected chi connectivity index (χ2v) is 12.8. The van der Waals surface area contributed by atoms with E-state index in [9.17, 15) is 0 Å². The summed E-state index contributed by atoms with van der Waals surface area (Å²) >= 11 is 0. The van der Waals surface area contributed by atoms with Crippen LogP contribution in [-0.4, -0.2) is 19.5 Å². The number of allylic oxidation sites excluding steroid dienone is 4. The molecule has 1 unspecified atom stereocenters. The first-order valence-electron chi connectivity index (χ1n) is 17.0. The summed E-state index contributed by atoms with van der Waals surface area (Å²) in [5, 5.41) is 2.29. The summed E-state index contributed by atoms with van der Waals surface area (Å²) in [6, 6.07) is 52.9. The van der Waals surface area contributed by atoms with Crippen molar-refractivity contribution in [1.82, 2.24) is 19.5 Å². The normalized spacial score (nSPS) is 14.9. The quantitative estimate of drug-likeness (QED) is 0.187. The fourth-order valence-corrected chi connectivity index (χ4v) is 7.41. The Morgan fingerprint density at radius 2 is 1.14 bits per heavy atom. The van der Waals surface area contributed by atoms with Gasteiger partial charge in [-0.15, -0.1) is 0 Å². The fraction of sp³-hybridized carbons (Fsp3) is 0.0444. The van der Waals surface area contributed by atoms with E-state index in [4.69, 9.17) is 19.7 Å². The third kappa shape index (κ3) is 4.66. The predicted molar refractivity (Wildman–Crippen MR) is 201 cm³/mol. The minimum Gasteiger partial charge on any atom is -0.460 e. The highest BCUT2D eigenvalue weighted by Crippen LogP contribution is 2.47. The van der Waals surface area contributed by atoms with Gasteiger partial charge in [0.05, 0.1) is 22.5 Å². The Hall–Kier alpha value is -6.59. The molecule has 3 heterocycles. The molecule has 0 bridgehead atoms. The highest BCUT2D eigenvalue weighted by Gasteiger charge is 2.34. The number of benzene rings is 6. The summed E-state index contributed by atoms with van der Waals surface area (Å²) in [4.78, 5) is 15.5. The van der Waals surface area contributed by atoms with Gasteiger partial charge in [0.25, 0.3) is 0 Å². The zero-order valence-corrected chi connectivity index (χ0v) is 27.1. The second kappa shape index (κ2) is 11.5. The van der Waals surface area contributed by atoms with E-state index in [-0.39, 0.29) is 5.92 Å². The Morgan fingerprint density at radius 3 is 1.96 bits per heavy atom. The lowest BCUT2D eigenvalue weighted by Crippen LogP contribution is -2.11. The van der Waals surface area contributed by atoms with Crippen LogP contribution in [-0.2, 0) is 0 Å². The van der Waals surface area contributed by atoms with E-state index in [2.05, 4.69) is 120 Å². The Morgan fingerprint density at radius 1 is 0.520 bits per heavy atom. The minimum absolute atomic E-state index is 0.135. The Bertz CT molecular complexity index is 2640. The van der Waals surface area contributed by atoms with Crippen LogP contribution in [0.1, 0.15) is 23.7 Å². The van der Waals surface area contributed by atoms with Crippen molar-refractivity contribution in [3.63, 3.8) is 0 Å². The molecule has 0 saturated heterocycles. The molecule has 8 aromatic rings. The smallest absolute Gasteiger partial charge is 0.238 e. The molecule has 0 amide bonds. The molecule has 10 rings (SSSR count). The monoisotopic (exact) mass is 642 g/mol. The molecular formula is C45H30N4O. The Balaban J connectivity index is 1.17. The van der Waals surface area contributed by atoms with Crippen LogP contribution in [0, 0.1) is 0 Å². The third-order valence-corrected chi connectivity index (χ3v) is 9.85. The van der Waals surface area contributed by atoms with E-state index in [0.29, 0.717) is 17.6 Å². The van der Waals surface area contributed by atoms with E-state index >= 15 is 0 Å². The summed E-state index contributed by atoms with van der Waals surface area (Å²) < 4.78 is 8.70. The van der Waals surface area contributed by atoms with Crippen molar-refractivity contribution in [3.05, 3.63) is 181 Å². The molecule has 5 heteroatoms. The van der Waals surface area contributed by atoms with Crippen molar-refractivity contribution in [3.8, 4) is 45.3 Å². The lowest BCUT2D eigenvalue weighted by atomic mass is 9.89. The van der Waals surface area contributed by atoms with Gasteiger partial charge in [0.2, 0.25) is 5.95 Å². The molecule has 0 saturated carbocycles. The SMILES string of the molecule is C1=CC(c2nc(-c3ccccc3)nc(-n3c4ccccc4c4ccc(-c5ccc(-c6ccccc6)cc5)cc43)n2)=C2Oc3ccccc3C2C1. The topological polar surface area (TPSA) is 52.8 Å². The van der Waals surface area contributed by atoms with E-state index in [0.717, 1.165) is 62.0 Å². The average molecular weight is 643 g/mol. The van der Waals surface area contributed by atoms with Gasteiger partial charge in [-0.3, -0.25) is 4.57 Å². The van der Waals surface area contributed by atoms with Gasteiger partial charge >= 0.3 is 0 Å². The third-order valence-electron chi connectivity index (χ3n) is 9.85. The molecule has 2 aromatic heterocycles. The van der Waals surface area contributed by atoms with Gasteiger partial charge in [0, 0.05) is 21.9 Å². The van der Waals surface area contributed by atoms with Crippen LogP contribution >= 0.6 is 0 Å². The van der Waals surface area contributed by atoms with Crippen LogP contribution < -0.4 is 4.74 Å². The molecular weight excluding hydrogens is 613 g/mol. The molecule has 6 aromatic carbocycles. The van der Waals surface area contributed by atoms with Gasteiger partial charge in [-0.1, -0.05) is 146 Å². The van der Waals surface area contributed by atoms with Gasteiger partial charge in [0.1, 0.15) is 11.5 Å². The van der Waals surface area contributed by atoms with E-state index < -0.39 is 0 Å². The second-order valence-electron chi connectivity index (χ2n) is 12.8. The van der Waals surface area contributed by atoms with Crippen molar-refractivity contribution < 1.29 is 4.74 Å². The molecule has 2 aliphatic rings. The molecule has 1 atom stereocenters. The number of fused-ring (bicyclic) bond motifs is 6. The fourth-order valence-electron chi connectivity index (χ4n) is 7.41. The lowest BCUT2D eigenvalue weighted by molar-refractivity contribution is 0.428. The largest absolute Gasteiger partial charge is 0.460 e. The van der Waals surface area contributed by atoms with Crippen LogP contribution in [0.4, 0.5) is 0 Å². The van der Waals surface area contributed by atoms with E-state index in [1.807, 2.05) is 48.5 Å². The van der Waals surface area contributed by atoms with Crippen molar-refractivity contribution in [2.75, 3.05) is 0 Å². The summed E-state index contributed by atoms with van der Waals surface area (Å²) in [7, 11) is 0. The van der Waals surface area contributed by atoms with E-state index in [1.165, 1.54) is 16.7 Å². The molecule has 1 aliphatic carbocycles. The van der Waals surface area contributed by atoms with Gasteiger partial charge in [-0.2, -0.15) is 9.97 Å². The standard InChI is InChI=1S/C45H30N4O/c1-3-12-29(13-4-1)30-22-24-31(25-23-30)33-26-27-35-34-16-7-9-20-39(34)49(40(35)28-33)45-47-43(32-14-5-2-6-15-32)46-44(48-45)38-19-11-18-37-36-17-8-10-21-41(36)50-42(37)38/h1-17,19-28,37H,18H2. The minimum atomic E-state index is 0.135. The van der Waals surface area contributed by atoms with Gasteiger partial charge in [-0.25, -0.2) is 4.98 Å². The van der Waals surface area contributed by atoms with Crippen LogP contribution in [0.25, 0.3) is 67.0 Å². The predicted octanol–water partition coefficient (Wildman–Crippen LogP) is 10.8. The molecule has 236 valence electrons. The van der Waals surface area contributed by atoms with Crippen LogP contribution in [0.15, 0.2) is 170 Å². The summed E-state index contributed by atoms with van der Waals surface area (Å²) in [6.07, 6.45) is 5.19. The Labute approximate surface area is 289 Å². The van der Waals surface area contributed by atoms with Crippen LogP contribution in [0.5, 0.6) is 5.75 Å². The maximum Gasteiger partial charge on any atom is 0.238 e. The van der Waals surface area contributed by atoms with E-state index in [1.54, 1.807) is 0 Å². The van der Waals surface area contributed by atoms with Crippen LogP contribution in [0.2, 0.25) is 0 Å². The molecule has 1 aliphatic heterocycles. The number of hydrogen-bond acceptors (Lipinski definition) is 4. The highest BCUT2D eigenvalue weighted by atomic mass is 16.5. The molecule has 0 fully saturated rings. The number of nitrogens with zero attached hydrogens (tertiary/aromatic N) is 4. The number of para-hydroxylation sites is 2. The number of aromatic nitrogens is 4. The molecule has 0 spiro atoms. The van der Waals surface area contributed by atoms with Gasteiger partial charge in [0.15, 0.2) is 11.6 Å². The molecule has 50 heavy (non-hydrogen) atoms. The Kier molecular flexibility index (Phi) is 6.56. The maximum absolute atomic E-state index is 6.52. The maximum atomic E-state index is 6.52. The summed E-state index contributed by atoms with van der Waals surface area (Å²) in [5.74, 6) is 3.71. The van der Waals surface area contributed by atoms with Crippen molar-refractivity contribution in [2.24, 2.45) is 0 Å². The zero-order valence-electron chi connectivity index (χ0n) is 27.1. The average Bonchev–Trinajstić information content (AvgIpc) is 3.74. The lowest BCUT2D eigenvalue weighted by Gasteiger charge is -2.18. The zero-order chi connectivity index (χ0) is 33.0. The van der Waals surface area contributed by atoms with Gasteiger partial charge in [-0.05, 0) is 46.9 Å². The molecule has 5 nitrogen and oxygen atoms in total. The number of hydrogen-bond donors (Lipinski definition) is 0.